The summed E-state index contributed by atoms with van der Waals surface area (Å²) in [4.78, 5) is 16.0. The zero-order valence-electron chi connectivity index (χ0n) is 14.1. The number of esters is 1. The minimum atomic E-state index is -0.365. The number of carbonyl (C=O) groups excluding carboxylic acids is 1. The number of nitrogens with one attached hydrogen (secondary N) is 1. The lowest BCUT2D eigenvalue weighted by Gasteiger charge is -2.26. The zero-order valence-corrected chi connectivity index (χ0v) is 14.1. The molecule has 2 aromatic carbocycles. The summed E-state index contributed by atoms with van der Waals surface area (Å²) in [5, 5.41) is 3.25. The van der Waals surface area contributed by atoms with Crippen LogP contribution in [0.3, 0.4) is 0 Å². The topological polar surface area (TPSA) is 85.9 Å². The fourth-order valence-corrected chi connectivity index (χ4v) is 2.81. The van der Waals surface area contributed by atoms with E-state index in [0.717, 1.165) is 23.3 Å². The number of para-hydroxylation sites is 1. The highest BCUT2D eigenvalue weighted by Crippen LogP contribution is 2.31. The quantitative estimate of drug-likeness (QED) is 0.507. The molecule has 0 amide bonds. The lowest BCUT2D eigenvalue weighted by atomic mass is 10.0. The van der Waals surface area contributed by atoms with Crippen molar-refractivity contribution in [2.24, 2.45) is 10.7 Å². The van der Waals surface area contributed by atoms with Gasteiger partial charge in [0.1, 0.15) is 5.75 Å². The first-order valence-electron chi connectivity index (χ1n) is 8.13. The van der Waals surface area contributed by atoms with Gasteiger partial charge in [-0.25, -0.2) is 9.79 Å². The number of fused-ring (bicyclic) bond motifs is 1. The summed E-state index contributed by atoms with van der Waals surface area (Å²) in [5.41, 5.74) is 8.51. The van der Waals surface area contributed by atoms with E-state index in [1.165, 1.54) is 7.11 Å². The number of methoxy groups -OCH3 is 1. The van der Waals surface area contributed by atoms with Crippen molar-refractivity contribution in [3.8, 4) is 5.75 Å². The summed E-state index contributed by atoms with van der Waals surface area (Å²) < 4.78 is 10.4. The predicted molar refractivity (Wildman–Crippen MR) is 95.5 cm³/mol. The smallest absolute Gasteiger partial charge is 0.337 e. The van der Waals surface area contributed by atoms with Crippen LogP contribution in [0.15, 0.2) is 53.5 Å². The van der Waals surface area contributed by atoms with E-state index in [4.69, 9.17) is 15.2 Å². The molecule has 6 heteroatoms. The Morgan fingerprint density at radius 2 is 2.16 bits per heavy atom. The molecular formula is C19H21N3O3. The van der Waals surface area contributed by atoms with Gasteiger partial charge in [0.05, 0.1) is 31.9 Å². The van der Waals surface area contributed by atoms with Crippen LogP contribution in [-0.2, 0) is 11.3 Å². The van der Waals surface area contributed by atoms with Crippen molar-refractivity contribution in [1.82, 2.24) is 5.32 Å². The van der Waals surface area contributed by atoms with Crippen molar-refractivity contribution in [3.05, 3.63) is 65.2 Å². The van der Waals surface area contributed by atoms with E-state index in [2.05, 4.69) is 10.3 Å². The second-order valence-corrected chi connectivity index (χ2v) is 5.77. The maximum Gasteiger partial charge on any atom is 0.337 e. The number of guanidine groups is 1. The summed E-state index contributed by atoms with van der Waals surface area (Å²) in [6.07, 6.45) is 0.824. The molecule has 2 aromatic rings. The van der Waals surface area contributed by atoms with Crippen molar-refractivity contribution < 1.29 is 14.3 Å². The molecule has 0 aromatic heterocycles. The third-order valence-electron chi connectivity index (χ3n) is 4.06. The van der Waals surface area contributed by atoms with Crippen LogP contribution in [0.1, 0.15) is 33.9 Å². The minimum absolute atomic E-state index is 0.0788. The molecule has 1 atom stereocenters. The Hall–Kier alpha value is -3.02. The Kier molecular flexibility index (Phi) is 5.18. The molecule has 130 valence electrons. The molecule has 1 aliphatic heterocycles. The lowest BCUT2D eigenvalue weighted by Crippen LogP contribution is -2.37. The van der Waals surface area contributed by atoms with Gasteiger partial charge in [0.25, 0.3) is 0 Å². The molecule has 3 rings (SSSR count). The van der Waals surface area contributed by atoms with E-state index in [9.17, 15) is 4.79 Å². The average Bonchev–Trinajstić information content (AvgIpc) is 2.66. The Balaban J connectivity index is 1.66. The van der Waals surface area contributed by atoms with E-state index in [-0.39, 0.29) is 12.0 Å². The lowest BCUT2D eigenvalue weighted by molar-refractivity contribution is 0.0600. The Bertz CT molecular complexity index is 789. The molecule has 1 aliphatic rings. The highest BCUT2D eigenvalue weighted by Gasteiger charge is 2.21. The number of ether oxygens (including phenoxy) is 2. The van der Waals surface area contributed by atoms with Gasteiger partial charge in [-0.15, -0.1) is 0 Å². The summed E-state index contributed by atoms with van der Waals surface area (Å²) in [6, 6.07) is 15.2. The normalized spacial score (nSPS) is 16.5. The molecule has 0 bridgehead atoms. The van der Waals surface area contributed by atoms with Crippen molar-refractivity contribution in [2.75, 3.05) is 13.7 Å². The van der Waals surface area contributed by atoms with Crippen LogP contribution < -0.4 is 15.8 Å². The van der Waals surface area contributed by atoms with Crippen LogP contribution in [0.25, 0.3) is 0 Å². The molecule has 0 spiro atoms. The first kappa shape index (κ1) is 16.8. The van der Waals surface area contributed by atoms with Gasteiger partial charge in [-0.2, -0.15) is 0 Å². The van der Waals surface area contributed by atoms with Crippen molar-refractivity contribution >= 4 is 11.9 Å². The SMILES string of the molecule is COC(=O)c1cccc(CN=C(N)NC2CCOc3ccccc32)c1. The Morgan fingerprint density at radius 1 is 1.32 bits per heavy atom. The fourth-order valence-electron chi connectivity index (χ4n) is 2.81. The molecule has 25 heavy (non-hydrogen) atoms. The number of hydrogen-bond acceptors (Lipinski definition) is 4. The van der Waals surface area contributed by atoms with Crippen LogP contribution in [0.4, 0.5) is 0 Å². The third kappa shape index (κ3) is 4.09. The number of aliphatic imine (C=N–C) groups is 1. The van der Waals surface area contributed by atoms with Crippen LogP contribution in [0.2, 0.25) is 0 Å². The maximum absolute atomic E-state index is 11.6. The summed E-state index contributed by atoms with van der Waals surface area (Å²) in [6.45, 7) is 1.03. The van der Waals surface area contributed by atoms with E-state index >= 15 is 0 Å². The van der Waals surface area contributed by atoms with Gasteiger partial charge in [-0.3, -0.25) is 0 Å². The molecular weight excluding hydrogens is 318 g/mol. The van der Waals surface area contributed by atoms with Crippen molar-refractivity contribution in [1.29, 1.82) is 0 Å². The molecule has 0 fully saturated rings. The third-order valence-corrected chi connectivity index (χ3v) is 4.06. The first-order chi connectivity index (χ1) is 12.2. The van der Waals surface area contributed by atoms with Crippen LogP contribution in [0.5, 0.6) is 5.75 Å². The Morgan fingerprint density at radius 3 is 3.00 bits per heavy atom. The number of nitrogens with two attached hydrogens (primary N) is 1. The number of nitrogens with zero attached hydrogens (tertiary/aromatic N) is 1. The number of hydrogen-bond donors (Lipinski definition) is 2. The standard InChI is InChI=1S/C19H21N3O3/c1-24-18(23)14-6-4-5-13(11-14)12-21-19(20)22-16-9-10-25-17-8-3-2-7-15(16)17/h2-8,11,16H,9-10,12H2,1H3,(H3,20,21,22). The second-order valence-electron chi connectivity index (χ2n) is 5.77. The monoisotopic (exact) mass is 339 g/mol. The largest absolute Gasteiger partial charge is 0.493 e. The van der Waals surface area contributed by atoms with Gasteiger partial charge >= 0.3 is 5.97 Å². The van der Waals surface area contributed by atoms with Crippen LogP contribution in [0, 0.1) is 0 Å². The van der Waals surface area contributed by atoms with E-state index < -0.39 is 0 Å². The summed E-state index contributed by atoms with van der Waals surface area (Å²) in [5.74, 6) is 0.880. The van der Waals surface area contributed by atoms with E-state index in [1.54, 1.807) is 18.2 Å². The summed E-state index contributed by atoms with van der Waals surface area (Å²) in [7, 11) is 1.36. The molecule has 0 aliphatic carbocycles. The number of rotatable bonds is 4. The zero-order chi connectivity index (χ0) is 17.6. The molecule has 6 nitrogen and oxygen atoms in total. The Labute approximate surface area is 146 Å². The summed E-state index contributed by atoms with van der Waals surface area (Å²) >= 11 is 0. The van der Waals surface area contributed by atoms with Gasteiger partial charge in [0.15, 0.2) is 5.96 Å². The minimum Gasteiger partial charge on any atom is -0.493 e. The van der Waals surface area contributed by atoms with Crippen molar-refractivity contribution in [3.63, 3.8) is 0 Å². The van der Waals surface area contributed by atoms with Crippen LogP contribution >= 0.6 is 0 Å². The molecule has 3 N–H and O–H groups in total. The van der Waals surface area contributed by atoms with E-state index in [0.29, 0.717) is 24.7 Å². The molecule has 1 unspecified atom stereocenters. The van der Waals surface area contributed by atoms with Gasteiger partial charge in [0.2, 0.25) is 0 Å². The number of carbonyl (C=O) groups is 1. The highest BCUT2D eigenvalue weighted by atomic mass is 16.5. The highest BCUT2D eigenvalue weighted by molar-refractivity contribution is 5.89. The van der Waals surface area contributed by atoms with Crippen molar-refractivity contribution in [2.45, 2.75) is 19.0 Å². The van der Waals surface area contributed by atoms with Gasteiger partial charge in [-0.1, -0.05) is 30.3 Å². The molecule has 0 saturated carbocycles. The number of benzene rings is 2. The predicted octanol–water partition coefficient (Wildman–Crippen LogP) is 2.40. The van der Waals surface area contributed by atoms with E-state index in [1.807, 2.05) is 30.3 Å². The van der Waals surface area contributed by atoms with Gasteiger partial charge in [-0.05, 0) is 23.8 Å². The maximum atomic E-state index is 11.6. The van der Waals surface area contributed by atoms with Gasteiger partial charge in [0, 0.05) is 12.0 Å². The first-order valence-corrected chi connectivity index (χ1v) is 8.13. The molecule has 0 saturated heterocycles. The fraction of sp³-hybridized carbons (Fsp3) is 0.263. The van der Waals surface area contributed by atoms with Crippen LogP contribution in [-0.4, -0.2) is 25.6 Å². The molecule has 1 heterocycles. The molecule has 0 radical (unpaired) electrons. The average molecular weight is 339 g/mol. The second kappa shape index (κ2) is 7.70. The van der Waals surface area contributed by atoms with Gasteiger partial charge < -0.3 is 20.5 Å².